The molecule has 20 heavy (non-hydrogen) atoms. The Morgan fingerprint density at radius 3 is 2.85 bits per heavy atom. The van der Waals surface area contributed by atoms with E-state index in [1.807, 2.05) is 17.8 Å². The zero-order chi connectivity index (χ0) is 14.6. The van der Waals surface area contributed by atoms with Gasteiger partial charge in [0, 0.05) is 42.7 Å². The lowest BCUT2D eigenvalue weighted by Crippen LogP contribution is -2.50. The first kappa shape index (κ1) is 15.2. The van der Waals surface area contributed by atoms with Gasteiger partial charge in [-0.1, -0.05) is 18.2 Å². The van der Waals surface area contributed by atoms with Gasteiger partial charge in [0.25, 0.3) is 0 Å². The first-order chi connectivity index (χ1) is 9.52. The van der Waals surface area contributed by atoms with Gasteiger partial charge < -0.3 is 10.2 Å². The van der Waals surface area contributed by atoms with E-state index in [0.29, 0.717) is 12.1 Å². The van der Waals surface area contributed by atoms with Crippen LogP contribution < -0.4 is 5.32 Å². The minimum atomic E-state index is -0.176. The molecule has 1 fully saturated rings. The second kappa shape index (κ2) is 6.48. The van der Waals surface area contributed by atoms with Gasteiger partial charge in [-0.15, -0.1) is 0 Å². The zero-order valence-electron chi connectivity index (χ0n) is 12.3. The summed E-state index contributed by atoms with van der Waals surface area (Å²) in [6.45, 7) is 6.88. The number of nitrogens with zero attached hydrogens (tertiary/aromatic N) is 2. The number of guanidine groups is 1. The largest absolute Gasteiger partial charge is 0.352 e. The molecule has 0 saturated carbocycles. The average Bonchev–Trinajstić information content (AvgIpc) is 2.40. The van der Waals surface area contributed by atoms with E-state index in [9.17, 15) is 4.39 Å². The summed E-state index contributed by atoms with van der Waals surface area (Å²) in [6, 6.07) is 6.84. The van der Waals surface area contributed by atoms with Crippen LogP contribution in [-0.2, 0) is 6.54 Å². The zero-order valence-corrected chi connectivity index (χ0v) is 13.1. The molecule has 0 aromatic heterocycles. The third-order valence-corrected chi connectivity index (χ3v) is 4.63. The predicted octanol–water partition coefficient (Wildman–Crippen LogP) is 2.73. The van der Waals surface area contributed by atoms with E-state index in [2.05, 4.69) is 29.1 Å². The van der Waals surface area contributed by atoms with E-state index >= 15 is 0 Å². The van der Waals surface area contributed by atoms with Crippen LogP contribution in [0.2, 0.25) is 0 Å². The fourth-order valence-corrected chi connectivity index (χ4v) is 3.46. The molecule has 0 bridgehead atoms. The van der Waals surface area contributed by atoms with Crippen molar-refractivity contribution < 1.29 is 4.39 Å². The number of hydrogen-bond acceptors (Lipinski definition) is 2. The van der Waals surface area contributed by atoms with Crippen molar-refractivity contribution in [2.45, 2.75) is 25.1 Å². The molecule has 1 N–H and O–H groups in total. The number of hydrogen-bond donors (Lipinski definition) is 1. The van der Waals surface area contributed by atoms with Crippen molar-refractivity contribution in [2.24, 2.45) is 4.99 Å². The van der Waals surface area contributed by atoms with E-state index in [4.69, 9.17) is 0 Å². The van der Waals surface area contributed by atoms with Crippen LogP contribution in [0.1, 0.15) is 19.4 Å². The predicted molar refractivity (Wildman–Crippen MR) is 84.7 cm³/mol. The Hall–Kier alpha value is -1.23. The summed E-state index contributed by atoms with van der Waals surface area (Å²) in [5, 5.41) is 3.26. The van der Waals surface area contributed by atoms with Gasteiger partial charge in [-0.3, -0.25) is 4.99 Å². The van der Waals surface area contributed by atoms with Crippen LogP contribution >= 0.6 is 11.8 Å². The van der Waals surface area contributed by atoms with Crippen LogP contribution in [0.3, 0.4) is 0 Å². The van der Waals surface area contributed by atoms with Gasteiger partial charge in [-0.05, 0) is 19.9 Å². The molecular formula is C15H22FN3S. The molecule has 1 heterocycles. The molecule has 0 unspecified atom stereocenters. The minimum absolute atomic E-state index is 0.176. The number of thioether (sulfide) groups is 1. The molecule has 1 aliphatic heterocycles. The van der Waals surface area contributed by atoms with Crippen molar-refractivity contribution in [3.63, 3.8) is 0 Å². The topological polar surface area (TPSA) is 27.6 Å². The van der Waals surface area contributed by atoms with Gasteiger partial charge in [0.15, 0.2) is 5.96 Å². The number of aliphatic imine (C=N–C) groups is 1. The Labute approximate surface area is 124 Å². The van der Waals surface area contributed by atoms with E-state index in [1.54, 1.807) is 19.2 Å². The lowest BCUT2D eigenvalue weighted by atomic mass is 10.2. The summed E-state index contributed by atoms with van der Waals surface area (Å²) in [6.07, 6.45) is 0. The van der Waals surface area contributed by atoms with Gasteiger partial charge in [-0.2, -0.15) is 11.8 Å². The highest BCUT2D eigenvalue weighted by Gasteiger charge is 2.28. The van der Waals surface area contributed by atoms with Gasteiger partial charge >= 0.3 is 0 Å². The summed E-state index contributed by atoms with van der Waals surface area (Å²) in [5.41, 5.74) is 0.666. The maximum Gasteiger partial charge on any atom is 0.193 e. The summed E-state index contributed by atoms with van der Waals surface area (Å²) in [5.74, 6) is 1.76. The van der Waals surface area contributed by atoms with Crippen LogP contribution in [-0.4, -0.2) is 41.5 Å². The average molecular weight is 295 g/mol. The van der Waals surface area contributed by atoms with Crippen LogP contribution in [0.15, 0.2) is 29.3 Å². The van der Waals surface area contributed by atoms with Crippen LogP contribution in [0, 0.1) is 5.82 Å². The van der Waals surface area contributed by atoms with E-state index in [-0.39, 0.29) is 10.6 Å². The number of halogens is 1. The van der Waals surface area contributed by atoms with Crippen molar-refractivity contribution in [3.8, 4) is 0 Å². The van der Waals surface area contributed by atoms with Crippen LogP contribution in [0.25, 0.3) is 0 Å². The third-order valence-electron chi connectivity index (χ3n) is 3.33. The molecule has 1 aliphatic rings. The van der Waals surface area contributed by atoms with Gasteiger partial charge in [0.1, 0.15) is 5.82 Å². The van der Waals surface area contributed by atoms with Gasteiger partial charge in [-0.25, -0.2) is 4.39 Å². The smallest absolute Gasteiger partial charge is 0.193 e. The SMILES string of the molecule is CN=C(NCc1ccccc1F)N1CCSC(C)(C)C1. The van der Waals surface area contributed by atoms with Gasteiger partial charge in [0.2, 0.25) is 0 Å². The molecule has 0 spiro atoms. The second-order valence-corrected chi connectivity index (χ2v) is 7.32. The third kappa shape index (κ3) is 3.88. The molecule has 0 aliphatic carbocycles. The van der Waals surface area contributed by atoms with E-state index < -0.39 is 0 Å². The molecule has 1 aromatic rings. The summed E-state index contributed by atoms with van der Waals surface area (Å²) < 4.78 is 13.8. The Bertz CT molecular complexity index is 488. The Morgan fingerprint density at radius 1 is 1.45 bits per heavy atom. The summed E-state index contributed by atoms with van der Waals surface area (Å²) >= 11 is 1.98. The Kier molecular flexibility index (Phi) is 4.91. The molecule has 110 valence electrons. The van der Waals surface area contributed by atoms with Crippen molar-refractivity contribution in [2.75, 3.05) is 25.9 Å². The minimum Gasteiger partial charge on any atom is -0.352 e. The van der Waals surface area contributed by atoms with Crippen molar-refractivity contribution in [1.82, 2.24) is 10.2 Å². The van der Waals surface area contributed by atoms with Crippen molar-refractivity contribution in [3.05, 3.63) is 35.6 Å². The molecule has 3 nitrogen and oxygen atoms in total. The van der Waals surface area contributed by atoms with Crippen molar-refractivity contribution in [1.29, 1.82) is 0 Å². The molecule has 1 saturated heterocycles. The van der Waals surface area contributed by atoms with Crippen LogP contribution in [0.5, 0.6) is 0 Å². The number of rotatable bonds is 2. The molecule has 2 rings (SSSR count). The first-order valence-corrected chi connectivity index (χ1v) is 7.83. The fourth-order valence-electron chi connectivity index (χ4n) is 2.35. The maximum absolute atomic E-state index is 13.6. The number of benzene rings is 1. The van der Waals surface area contributed by atoms with Crippen LogP contribution in [0.4, 0.5) is 4.39 Å². The van der Waals surface area contributed by atoms with E-state index in [0.717, 1.165) is 24.8 Å². The number of nitrogens with one attached hydrogen (secondary N) is 1. The summed E-state index contributed by atoms with van der Waals surface area (Å²) in [4.78, 5) is 6.57. The highest BCUT2D eigenvalue weighted by Crippen LogP contribution is 2.29. The lowest BCUT2D eigenvalue weighted by molar-refractivity contribution is 0.375. The monoisotopic (exact) mass is 295 g/mol. The molecule has 5 heteroatoms. The Morgan fingerprint density at radius 2 is 2.20 bits per heavy atom. The standard InChI is InChI=1S/C15H22FN3S/c1-15(2)11-19(8-9-20-15)14(17-3)18-10-12-6-4-5-7-13(12)16/h4-7H,8-11H2,1-3H3,(H,17,18). The highest BCUT2D eigenvalue weighted by atomic mass is 32.2. The quantitative estimate of drug-likeness (QED) is 0.671. The fraction of sp³-hybridized carbons (Fsp3) is 0.533. The van der Waals surface area contributed by atoms with Gasteiger partial charge in [0.05, 0.1) is 0 Å². The first-order valence-electron chi connectivity index (χ1n) is 6.85. The Balaban J connectivity index is 1.98. The second-order valence-electron chi connectivity index (χ2n) is 5.52. The molecule has 0 atom stereocenters. The maximum atomic E-state index is 13.6. The normalized spacial score (nSPS) is 19.0. The lowest BCUT2D eigenvalue weighted by Gasteiger charge is -2.39. The van der Waals surface area contributed by atoms with Crippen molar-refractivity contribution >= 4 is 17.7 Å². The molecule has 0 radical (unpaired) electrons. The highest BCUT2D eigenvalue weighted by molar-refractivity contribution is 8.00. The molecule has 1 aromatic carbocycles. The molecular weight excluding hydrogens is 273 g/mol. The molecule has 0 amide bonds. The summed E-state index contributed by atoms with van der Waals surface area (Å²) in [7, 11) is 1.78. The van der Waals surface area contributed by atoms with E-state index in [1.165, 1.54) is 6.07 Å².